The molecule has 0 bridgehead atoms. The Balaban J connectivity index is 0.000000615. The van der Waals surface area contributed by atoms with Crippen LogP contribution < -0.4 is 5.56 Å². The molecular weight excluding hydrogens is 304 g/mol. The van der Waals surface area contributed by atoms with Gasteiger partial charge in [0, 0.05) is 6.54 Å². The van der Waals surface area contributed by atoms with Gasteiger partial charge in [-0.2, -0.15) is 0 Å². The van der Waals surface area contributed by atoms with Crippen molar-refractivity contribution in [2.24, 2.45) is 0 Å². The summed E-state index contributed by atoms with van der Waals surface area (Å²) in [6, 6.07) is 12.0. The van der Waals surface area contributed by atoms with E-state index in [0.717, 1.165) is 21.4 Å². The molecule has 0 unspecified atom stereocenters. The summed E-state index contributed by atoms with van der Waals surface area (Å²) in [6.07, 6.45) is 1.95. The highest BCUT2D eigenvalue weighted by Crippen LogP contribution is 2.21. The molecule has 0 radical (unpaired) electrons. The molecule has 2 aromatic carbocycles. The van der Waals surface area contributed by atoms with Gasteiger partial charge in [-0.3, -0.25) is 9.36 Å². The quantitative estimate of drug-likeness (QED) is 0.361. The molecule has 0 amide bonds. The van der Waals surface area contributed by atoms with Crippen LogP contribution in [0.3, 0.4) is 0 Å². The summed E-state index contributed by atoms with van der Waals surface area (Å²) in [5.41, 5.74) is 0.820. The molecule has 23 heavy (non-hydrogen) atoms. The molecule has 0 N–H and O–H groups in total. The first-order valence-corrected chi connectivity index (χ1v) is 9.44. The molecule has 0 saturated heterocycles. The normalized spacial score (nSPS) is 9.83. The molecule has 1 aromatic heterocycles. The van der Waals surface area contributed by atoms with E-state index in [0.29, 0.717) is 11.9 Å². The molecule has 0 saturated carbocycles. The molecule has 124 valence electrons. The topological polar surface area (TPSA) is 34.9 Å². The SMILES string of the molecule is CC.CC.CCn1c(SC)nc2cc3ccccc3cc2c1=O. The van der Waals surface area contributed by atoms with Gasteiger partial charge in [0.05, 0.1) is 10.9 Å². The Bertz CT molecular complexity index is 825. The second-order valence-electron chi connectivity index (χ2n) is 4.36. The van der Waals surface area contributed by atoms with Gasteiger partial charge in [-0.25, -0.2) is 4.98 Å². The molecule has 0 aliphatic rings. The summed E-state index contributed by atoms with van der Waals surface area (Å²) in [5.74, 6) is 0. The van der Waals surface area contributed by atoms with Gasteiger partial charge in [0.1, 0.15) is 0 Å². The van der Waals surface area contributed by atoms with E-state index < -0.39 is 0 Å². The summed E-state index contributed by atoms with van der Waals surface area (Å²) < 4.78 is 1.72. The highest BCUT2D eigenvalue weighted by atomic mass is 32.2. The minimum atomic E-state index is 0.0441. The Morgan fingerprint density at radius 3 is 2.13 bits per heavy atom. The summed E-state index contributed by atoms with van der Waals surface area (Å²) in [6.45, 7) is 10.6. The third kappa shape index (κ3) is 3.94. The van der Waals surface area contributed by atoms with Crippen LogP contribution in [0.2, 0.25) is 0 Å². The molecule has 3 rings (SSSR count). The van der Waals surface area contributed by atoms with Gasteiger partial charge in [0.25, 0.3) is 5.56 Å². The lowest BCUT2D eigenvalue weighted by molar-refractivity contribution is 0.635. The summed E-state index contributed by atoms with van der Waals surface area (Å²) >= 11 is 1.51. The molecule has 0 atom stereocenters. The number of hydrogen-bond donors (Lipinski definition) is 0. The Labute approximate surface area is 142 Å². The monoisotopic (exact) mass is 330 g/mol. The van der Waals surface area contributed by atoms with Gasteiger partial charge in [-0.15, -0.1) is 0 Å². The summed E-state index contributed by atoms with van der Waals surface area (Å²) in [5, 5.41) is 3.66. The standard InChI is InChI=1S/C15H14N2OS.2C2H6/c1-3-17-14(18)12-8-10-6-4-5-7-11(10)9-13(12)16-15(17)19-2;2*1-2/h4-9H,3H2,1-2H3;2*1-2H3. The zero-order valence-corrected chi connectivity index (χ0v) is 15.7. The molecule has 4 heteroatoms. The molecule has 3 aromatic rings. The highest BCUT2D eigenvalue weighted by molar-refractivity contribution is 7.98. The van der Waals surface area contributed by atoms with E-state index in [1.807, 2.05) is 77.3 Å². The molecule has 0 aliphatic carbocycles. The summed E-state index contributed by atoms with van der Waals surface area (Å²) in [4.78, 5) is 17.1. The van der Waals surface area contributed by atoms with Crippen molar-refractivity contribution in [1.82, 2.24) is 9.55 Å². The number of benzene rings is 2. The average Bonchev–Trinajstić information content (AvgIpc) is 2.63. The van der Waals surface area contributed by atoms with Gasteiger partial charge in [0.15, 0.2) is 5.16 Å². The van der Waals surface area contributed by atoms with Crippen LogP contribution in [0.25, 0.3) is 21.7 Å². The Kier molecular flexibility index (Phi) is 7.83. The predicted molar refractivity (Wildman–Crippen MR) is 104 cm³/mol. The van der Waals surface area contributed by atoms with Gasteiger partial charge < -0.3 is 0 Å². The van der Waals surface area contributed by atoms with Crippen LogP contribution in [-0.2, 0) is 6.54 Å². The lowest BCUT2D eigenvalue weighted by Crippen LogP contribution is -2.22. The van der Waals surface area contributed by atoms with Crippen molar-refractivity contribution in [2.75, 3.05) is 6.26 Å². The molecule has 0 spiro atoms. The third-order valence-corrected chi connectivity index (χ3v) is 3.96. The van der Waals surface area contributed by atoms with E-state index in [9.17, 15) is 4.79 Å². The fourth-order valence-electron chi connectivity index (χ4n) is 2.32. The van der Waals surface area contributed by atoms with Crippen LogP contribution in [0.1, 0.15) is 34.6 Å². The Hall–Kier alpha value is -1.81. The second-order valence-corrected chi connectivity index (χ2v) is 5.14. The van der Waals surface area contributed by atoms with Crippen LogP contribution in [0.15, 0.2) is 46.3 Å². The number of rotatable bonds is 2. The van der Waals surface area contributed by atoms with Crippen LogP contribution in [0.5, 0.6) is 0 Å². The lowest BCUT2D eigenvalue weighted by atomic mass is 10.1. The van der Waals surface area contributed by atoms with Gasteiger partial charge in [0.2, 0.25) is 0 Å². The van der Waals surface area contributed by atoms with E-state index in [1.54, 1.807) is 4.57 Å². The zero-order chi connectivity index (χ0) is 17.4. The number of thioether (sulfide) groups is 1. The largest absolute Gasteiger partial charge is 0.287 e. The smallest absolute Gasteiger partial charge is 0.262 e. The summed E-state index contributed by atoms with van der Waals surface area (Å²) in [7, 11) is 0. The average molecular weight is 330 g/mol. The van der Waals surface area contributed by atoms with Crippen LogP contribution in [0.4, 0.5) is 0 Å². The number of nitrogens with zero attached hydrogens (tertiary/aromatic N) is 2. The Morgan fingerprint density at radius 2 is 1.61 bits per heavy atom. The number of hydrogen-bond acceptors (Lipinski definition) is 3. The molecule has 1 heterocycles. The second kappa shape index (κ2) is 9.36. The maximum absolute atomic E-state index is 12.5. The lowest BCUT2D eigenvalue weighted by Gasteiger charge is -2.10. The first kappa shape index (κ1) is 19.2. The third-order valence-electron chi connectivity index (χ3n) is 3.29. The minimum Gasteiger partial charge on any atom is -0.287 e. The van der Waals surface area contributed by atoms with Crippen molar-refractivity contribution >= 4 is 33.4 Å². The number of fused-ring (bicyclic) bond motifs is 2. The van der Waals surface area contributed by atoms with Crippen molar-refractivity contribution < 1.29 is 0 Å². The molecular formula is C19H26N2OS. The van der Waals surface area contributed by atoms with Gasteiger partial charge in [-0.1, -0.05) is 63.7 Å². The van der Waals surface area contributed by atoms with Gasteiger partial charge >= 0.3 is 0 Å². The van der Waals surface area contributed by atoms with Gasteiger partial charge in [-0.05, 0) is 36.1 Å². The molecule has 0 aliphatic heterocycles. The highest BCUT2D eigenvalue weighted by Gasteiger charge is 2.09. The predicted octanol–water partition coefficient (Wildman–Crippen LogP) is 5.34. The van der Waals surface area contributed by atoms with Crippen molar-refractivity contribution in [1.29, 1.82) is 0 Å². The Morgan fingerprint density at radius 1 is 1.04 bits per heavy atom. The minimum absolute atomic E-state index is 0.0441. The van der Waals surface area contributed by atoms with Crippen LogP contribution in [0, 0.1) is 0 Å². The van der Waals surface area contributed by atoms with Crippen molar-refractivity contribution in [3.8, 4) is 0 Å². The zero-order valence-electron chi connectivity index (χ0n) is 14.9. The maximum Gasteiger partial charge on any atom is 0.262 e. The van der Waals surface area contributed by atoms with Crippen molar-refractivity contribution in [2.45, 2.75) is 46.3 Å². The fourth-order valence-corrected chi connectivity index (χ4v) is 2.94. The van der Waals surface area contributed by atoms with E-state index in [2.05, 4.69) is 4.98 Å². The van der Waals surface area contributed by atoms with Crippen molar-refractivity contribution in [3.63, 3.8) is 0 Å². The van der Waals surface area contributed by atoms with Crippen LogP contribution in [-0.4, -0.2) is 15.8 Å². The molecule has 3 nitrogen and oxygen atoms in total. The maximum atomic E-state index is 12.5. The first-order chi connectivity index (χ1) is 11.2. The first-order valence-electron chi connectivity index (χ1n) is 8.22. The van der Waals surface area contributed by atoms with Crippen molar-refractivity contribution in [3.05, 3.63) is 46.8 Å². The van der Waals surface area contributed by atoms with E-state index in [4.69, 9.17) is 0 Å². The van der Waals surface area contributed by atoms with E-state index in [1.165, 1.54) is 11.8 Å². The number of aromatic nitrogens is 2. The van der Waals surface area contributed by atoms with E-state index >= 15 is 0 Å². The molecule has 0 fully saturated rings. The van der Waals surface area contributed by atoms with Crippen LogP contribution >= 0.6 is 11.8 Å². The van der Waals surface area contributed by atoms with E-state index in [-0.39, 0.29) is 5.56 Å². The fraction of sp³-hybridized carbons (Fsp3) is 0.368.